The topological polar surface area (TPSA) is 92.8 Å². The van der Waals surface area contributed by atoms with Gasteiger partial charge in [-0.1, -0.05) is 34.2 Å². The summed E-state index contributed by atoms with van der Waals surface area (Å²) in [6.45, 7) is 1.31. The number of nitrogens with one attached hydrogen (secondary N) is 2. The summed E-state index contributed by atoms with van der Waals surface area (Å²) in [6.07, 6.45) is 8.00. The van der Waals surface area contributed by atoms with Crippen molar-refractivity contribution in [1.29, 1.82) is 0 Å². The number of amides is 2. The molecule has 1 aromatic heterocycles. The van der Waals surface area contributed by atoms with Gasteiger partial charge >= 0.3 is 0 Å². The van der Waals surface area contributed by atoms with Crippen LogP contribution >= 0.6 is 34.2 Å². The van der Waals surface area contributed by atoms with Crippen LogP contribution in [0.3, 0.4) is 0 Å². The van der Waals surface area contributed by atoms with Crippen LogP contribution in [-0.2, 0) is 14.4 Å². The van der Waals surface area contributed by atoms with Crippen molar-refractivity contribution in [2.75, 3.05) is 18.5 Å². The van der Waals surface area contributed by atoms with E-state index in [-0.39, 0.29) is 28.2 Å². The van der Waals surface area contributed by atoms with Gasteiger partial charge in [-0.05, 0) is 67.3 Å². The lowest BCUT2D eigenvalue weighted by atomic mass is 10.2. The minimum atomic E-state index is -0.382. The lowest BCUT2D eigenvalue weighted by Gasteiger charge is -2.24. The zero-order chi connectivity index (χ0) is 23.9. The van der Waals surface area contributed by atoms with E-state index in [4.69, 9.17) is 21.2 Å². The second-order valence-electron chi connectivity index (χ2n) is 8.11. The molecule has 0 radical (unpaired) electrons. The van der Waals surface area contributed by atoms with E-state index in [9.17, 15) is 9.59 Å². The first-order chi connectivity index (χ1) is 16.5. The van der Waals surface area contributed by atoms with E-state index in [2.05, 4.69) is 38.4 Å². The van der Waals surface area contributed by atoms with Crippen LogP contribution in [0.5, 0.6) is 0 Å². The molecule has 2 saturated heterocycles. The summed E-state index contributed by atoms with van der Waals surface area (Å²) in [5.74, 6) is 0.346. The highest BCUT2D eigenvalue weighted by atomic mass is 127. The Labute approximate surface area is 217 Å². The number of rotatable bonds is 7. The second-order valence-corrected chi connectivity index (χ2v) is 9.82. The predicted molar refractivity (Wildman–Crippen MR) is 138 cm³/mol. The molecule has 2 N–H and O–H groups in total. The number of halogens is 2. The summed E-state index contributed by atoms with van der Waals surface area (Å²) >= 11 is 8.23. The number of hydrogen-bond donors (Lipinski definition) is 2. The number of hydrogen-bond acceptors (Lipinski definition) is 6. The molecule has 2 unspecified atom stereocenters. The van der Waals surface area contributed by atoms with Crippen LogP contribution in [-0.4, -0.2) is 51.2 Å². The number of carbonyl (C=O) groups is 2. The summed E-state index contributed by atoms with van der Waals surface area (Å²) in [5.41, 5.74) is 3.80. The quantitative estimate of drug-likeness (QED) is 0.162. The van der Waals surface area contributed by atoms with Crippen LogP contribution in [0, 0.1) is 0 Å². The first-order valence-corrected chi connectivity index (χ1v) is 12.8. The van der Waals surface area contributed by atoms with Gasteiger partial charge in [0.05, 0.1) is 6.04 Å². The van der Waals surface area contributed by atoms with Gasteiger partial charge in [-0.2, -0.15) is 0 Å². The fraction of sp³-hybridized carbons (Fsp3) is 0.375. The summed E-state index contributed by atoms with van der Waals surface area (Å²) in [7, 11) is 0. The lowest BCUT2D eigenvalue weighted by molar-refractivity contribution is -0.198. The minimum absolute atomic E-state index is 0.00823. The van der Waals surface area contributed by atoms with Gasteiger partial charge in [0.1, 0.15) is 9.87 Å². The number of nitrogens with zero attached hydrogens (tertiary/aromatic N) is 2. The van der Waals surface area contributed by atoms with Crippen molar-refractivity contribution in [2.45, 2.75) is 42.1 Å². The molecule has 0 spiro atoms. The number of hydroxylamine groups is 1. The van der Waals surface area contributed by atoms with E-state index in [1.54, 1.807) is 36.5 Å². The molecular formula is C24H26ClIN4O4. The van der Waals surface area contributed by atoms with Crippen LogP contribution < -0.4 is 10.8 Å². The van der Waals surface area contributed by atoms with Crippen molar-refractivity contribution in [3.63, 3.8) is 0 Å². The fourth-order valence-corrected chi connectivity index (χ4v) is 4.98. The minimum Gasteiger partial charge on any atom is -0.364 e. The van der Waals surface area contributed by atoms with Crippen LogP contribution in [0.25, 0.3) is 6.08 Å². The third-order valence-electron chi connectivity index (χ3n) is 5.64. The number of likely N-dealkylation sites (tertiary alicyclic amines) is 1. The van der Waals surface area contributed by atoms with E-state index in [1.807, 2.05) is 17.0 Å². The van der Waals surface area contributed by atoms with Crippen molar-refractivity contribution < 1.29 is 19.2 Å². The van der Waals surface area contributed by atoms with Gasteiger partial charge in [-0.15, -0.1) is 0 Å². The number of ether oxygens (including phenoxy) is 1. The molecule has 0 aliphatic carbocycles. The zero-order valence-corrected chi connectivity index (χ0v) is 21.4. The molecule has 34 heavy (non-hydrogen) atoms. The molecule has 2 fully saturated rings. The molecule has 8 nitrogen and oxygen atoms in total. The first-order valence-electron chi connectivity index (χ1n) is 11.2. The number of pyridine rings is 1. The van der Waals surface area contributed by atoms with E-state index in [1.165, 1.54) is 6.08 Å². The van der Waals surface area contributed by atoms with Crippen molar-refractivity contribution in [2.24, 2.45) is 0 Å². The highest BCUT2D eigenvalue weighted by molar-refractivity contribution is 14.1. The third kappa shape index (κ3) is 6.68. The third-order valence-corrected chi connectivity index (χ3v) is 7.43. The molecule has 0 saturated carbocycles. The van der Waals surface area contributed by atoms with Crippen LogP contribution in [0.15, 0.2) is 48.7 Å². The van der Waals surface area contributed by atoms with Gasteiger partial charge in [0, 0.05) is 42.4 Å². The Hall–Kier alpha value is -2.21. The van der Waals surface area contributed by atoms with E-state index < -0.39 is 0 Å². The molecule has 3 heterocycles. The highest BCUT2D eigenvalue weighted by Gasteiger charge is 2.35. The highest BCUT2D eigenvalue weighted by Crippen LogP contribution is 2.28. The molecule has 180 valence electrons. The summed E-state index contributed by atoms with van der Waals surface area (Å²) in [6, 6.07) is 10.8. The Morgan fingerprint density at radius 3 is 2.71 bits per heavy atom. The summed E-state index contributed by atoms with van der Waals surface area (Å²) < 4.78 is 5.39. The lowest BCUT2D eigenvalue weighted by Crippen LogP contribution is -2.37. The number of carbonyl (C=O) groups excluding carboxylic acids is 2. The molecule has 1 aromatic carbocycles. The van der Waals surface area contributed by atoms with Crippen molar-refractivity contribution in [3.05, 3.63) is 64.8 Å². The van der Waals surface area contributed by atoms with Crippen molar-refractivity contribution >= 4 is 57.9 Å². The average molecular weight is 597 g/mol. The predicted octanol–water partition coefficient (Wildman–Crippen LogP) is 4.41. The Morgan fingerprint density at radius 1 is 1.18 bits per heavy atom. The molecule has 2 amide bonds. The number of benzene rings is 1. The number of aromatic nitrogens is 1. The standard InChI is InChI=1S/C24H26ClIN4O4/c25-18-8-6-17(7-9-18)24(32)30-13-12-19(23(30)26)28-20-10-4-16(15-27-20)5-11-21(31)29-34-22-3-1-2-14-33-22/h4-11,15,19,22-23H,1-3,12-14H2,(H,27,28)(H,29,31)/t19-,22?,23?/m1/s1. The van der Waals surface area contributed by atoms with Crippen LogP contribution in [0.1, 0.15) is 41.6 Å². The SMILES string of the molecule is O=C(C=Cc1ccc(N[C@@H]2CCN(C(=O)c3ccc(Cl)cc3)C2I)nc1)NOC1CCCCO1. The maximum atomic E-state index is 12.9. The fourth-order valence-electron chi connectivity index (χ4n) is 3.78. The zero-order valence-electron chi connectivity index (χ0n) is 18.5. The number of anilines is 1. The van der Waals surface area contributed by atoms with Crippen molar-refractivity contribution in [1.82, 2.24) is 15.4 Å². The molecule has 2 aliphatic heterocycles. The van der Waals surface area contributed by atoms with Gasteiger partial charge in [-0.25, -0.2) is 15.3 Å². The average Bonchev–Trinajstić information content (AvgIpc) is 3.22. The first kappa shape index (κ1) is 24.9. The maximum Gasteiger partial charge on any atom is 0.267 e. The second kappa shape index (κ2) is 12.0. The Bertz CT molecular complexity index is 1010. The molecule has 10 heteroatoms. The van der Waals surface area contributed by atoms with E-state index >= 15 is 0 Å². The molecule has 2 aliphatic rings. The molecule has 4 rings (SSSR count). The van der Waals surface area contributed by atoms with Gasteiger partial charge in [0.2, 0.25) is 0 Å². The molecule has 3 atom stereocenters. The maximum absolute atomic E-state index is 12.9. The Balaban J connectivity index is 1.26. The molecule has 2 aromatic rings. The Morgan fingerprint density at radius 2 is 2.00 bits per heavy atom. The van der Waals surface area contributed by atoms with Crippen molar-refractivity contribution in [3.8, 4) is 0 Å². The van der Waals surface area contributed by atoms with Gasteiger partial charge in [0.25, 0.3) is 11.8 Å². The monoisotopic (exact) mass is 596 g/mol. The van der Waals surface area contributed by atoms with E-state index in [0.29, 0.717) is 29.6 Å². The van der Waals surface area contributed by atoms with Gasteiger partial charge in [-0.3, -0.25) is 9.59 Å². The molecular weight excluding hydrogens is 571 g/mol. The Kier molecular flexibility index (Phi) is 8.76. The largest absolute Gasteiger partial charge is 0.364 e. The van der Waals surface area contributed by atoms with E-state index in [0.717, 1.165) is 31.2 Å². The van der Waals surface area contributed by atoms with Crippen LogP contribution in [0.2, 0.25) is 5.02 Å². The number of alkyl halides is 1. The van der Waals surface area contributed by atoms with Gasteiger partial charge < -0.3 is 15.0 Å². The normalized spacial score (nSPS) is 22.6. The van der Waals surface area contributed by atoms with Gasteiger partial charge in [0.15, 0.2) is 6.29 Å². The van der Waals surface area contributed by atoms with Crippen LogP contribution in [0.4, 0.5) is 5.82 Å². The molecule has 0 bridgehead atoms. The summed E-state index contributed by atoms with van der Waals surface area (Å²) in [4.78, 5) is 36.4. The smallest absolute Gasteiger partial charge is 0.267 e. The summed E-state index contributed by atoms with van der Waals surface area (Å²) in [5, 5.41) is 4.02.